The minimum Gasteiger partial charge on any atom is -0.299 e. The Hall–Kier alpha value is -1.71. The molecule has 1 saturated carbocycles. The van der Waals surface area contributed by atoms with Crippen LogP contribution < -0.4 is 0 Å². The molecule has 19 heavy (non-hydrogen) atoms. The molecule has 102 valence electrons. The summed E-state index contributed by atoms with van der Waals surface area (Å²) in [5.41, 5.74) is 0.816. The lowest BCUT2D eigenvalue weighted by atomic mass is 9.76. The molecule has 2 atom stereocenters. The molecule has 1 aliphatic rings. The van der Waals surface area contributed by atoms with Crippen LogP contribution in [-0.4, -0.2) is 10.7 Å². The van der Waals surface area contributed by atoms with Gasteiger partial charge >= 0.3 is 0 Å². The van der Waals surface area contributed by atoms with Crippen molar-refractivity contribution in [3.63, 3.8) is 0 Å². The minimum atomic E-state index is -0.361. The first-order valence-corrected chi connectivity index (χ1v) is 6.86. The average molecular weight is 261 g/mol. The van der Waals surface area contributed by atoms with Crippen LogP contribution in [0, 0.1) is 22.0 Å². The molecule has 0 aliphatic heterocycles. The lowest BCUT2D eigenvalue weighted by molar-refractivity contribution is -0.385. The van der Waals surface area contributed by atoms with Gasteiger partial charge in [0.2, 0.25) is 0 Å². The second-order valence-corrected chi connectivity index (χ2v) is 5.30. The molecule has 1 aromatic rings. The van der Waals surface area contributed by atoms with Crippen molar-refractivity contribution in [1.82, 2.24) is 0 Å². The van der Waals surface area contributed by atoms with Crippen LogP contribution in [0.15, 0.2) is 24.3 Å². The van der Waals surface area contributed by atoms with Crippen LogP contribution in [0.4, 0.5) is 5.69 Å². The summed E-state index contributed by atoms with van der Waals surface area (Å²) >= 11 is 0. The number of benzene rings is 1. The van der Waals surface area contributed by atoms with Gasteiger partial charge in [-0.2, -0.15) is 0 Å². The molecule has 4 nitrogen and oxygen atoms in total. The van der Waals surface area contributed by atoms with Crippen molar-refractivity contribution in [3.05, 3.63) is 39.9 Å². The molecule has 2 unspecified atom stereocenters. The van der Waals surface area contributed by atoms with Gasteiger partial charge in [-0.3, -0.25) is 14.9 Å². The smallest absolute Gasteiger partial charge is 0.272 e. The summed E-state index contributed by atoms with van der Waals surface area (Å²) in [5, 5.41) is 11.0. The molecular weight excluding hydrogens is 242 g/mol. The van der Waals surface area contributed by atoms with Gasteiger partial charge in [-0.25, -0.2) is 0 Å². The topological polar surface area (TPSA) is 60.2 Å². The van der Waals surface area contributed by atoms with E-state index in [1.54, 1.807) is 18.2 Å². The summed E-state index contributed by atoms with van der Waals surface area (Å²) in [6.07, 6.45) is 4.07. The third-order valence-corrected chi connectivity index (χ3v) is 4.10. The molecule has 4 heteroatoms. The molecule has 0 saturated heterocycles. The third-order valence-electron chi connectivity index (χ3n) is 4.10. The van der Waals surface area contributed by atoms with Crippen LogP contribution in [0.1, 0.15) is 38.2 Å². The zero-order valence-electron chi connectivity index (χ0n) is 11.2. The standard InChI is InChI=1S/C15H19NO3/c1-2-11-7-8-15(17)13(9-11)10-12-5-3-4-6-14(12)16(18)19/h3-6,11,13H,2,7-10H2,1H3. The van der Waals surface area contributed by atoms with Gasteiger partial charge in [-0.1, -0.05) is 31.5 Å². The fourth-order valence-electron chi connectivity index (χ4n) is 2.90. The second kappa shape index (κ2) is 5.95. The van der Waals surface area contributed by atoms with Gasteiger partial charge in [0.1, 0.15) is 5.78 Å². The molecule has 0 heterocycles. The highest BCUT2D eigenvalue weighted by Gasteiger charge is 2.29. The van der Waals surface area contributed by atoms with Gasteiger partial charge < -0.3 is 0 Å². The molecule has 0 spiro atoms. The SMILES string of the molecule is CCC1CCC(=O)C(Cc2ccccc2[N+](=O)[O-])C1. The normalized spacial score (nSPS) is 23.3. The van der Waals surface area contributed by atoms with Crippen LogP contribution in [-0.2, 0) is 11.2 Å². The number of hydrogen-bond donors (Lipinski definition) is 0. The van der Waals surface area contributed by atoms with Crippen LogP contribution in [0.25, 0.3) is 0 Å². The Morgan fingerprint density at radius 1 is 1.37 bits per heavy atom. The number of para-hydroxylation sites is 1. The van der Waals surface area contributed by atoms with Crippen molar-refractivity contribution in [3.8, 4) is 0 Å². The highest BCUT2D eigenvalue weighted by Crippen LogP contribution is 2.32. The lowest BCUT2D eigenvalue weighted by Crippen LogP contribution is -2.26. The van der Waals surface area contributed by atoms with E-state index < -0.39 is 0 Å². The third kappa shape index (κ3) is 3.19. The predicted molar refractivity (Wildman–Crippen MR) is 72.9 cm³/mol. The van der Waals surface area contributed by atoms with Crippen molar-refractivity contribution in [2.45, 2.75) is 39.0 Å². The number of nitro groups is 1. The number of nitro benzene ring substituents is 1. The van der Waals surface area contributed by atoms with Crippen LogP contribution >= 0.6 is 0 Å². The van der Waals surface area contributed by atoms with Crippen molar-refractivity contribution in [2.75, 3.05) is 0 Å². The van der Waals surface area contributed by atoms with Crippen molar-refractivity contribution < 1.29 is 9.72 Å². The van der Waals surface area contributed by atoms with Crippen LogP contribution in [0.3, 0.4) is 0 Å². The predicted octanol–water partition coefficient (Wildman–Crippen LogP) is 3.53. The average Bonchev–Trinajstić information content (AvgIpc) is 2.41. The molecule has 0 N–H and O–H groups in total. The zero-order valence-corrected chi connectivity index (χ0v) is 11.2. The molecule has 0 amide bonds. The number of rotatable bonds is 4. The summed E-state index contributed by atoms with van der Waals surface area (Å²) < 4.78 is 0. The fourth-order valence-corrected chi connectivity index (χ4v) is 2.90. The first kappa shape index (κ1) is 13.7. The number of nitrogens with zero attached hydrogens (tertiary/aromatic N) is 1. The molecule has 0 radical (unpaired) electrons. The van der Waals surface area contributed by atoms with Gasteiger partial charge in [0.15, 0.2) is 0 Å². The molecule has 0 bridgehead atoms. The van der Waals surface area contributed by atoms with E-state index in [2.05, 4.69) is 6.92 Å². The van der Waals surface area contributed by atoms with Gasteiger partial charge in [-0.05, 0) is 25.2 Å². The molecular formula is C15H19NO3. The van der Waals surface area contributed by atoms with E-state index in [-0.39, 0.29) is 22.3 Å². The highest BCUT2D eigenvalue weighted by atomic mass is 16.6. The Morgan fingerprint density at radius 2 is 2.11 bits per heavy atom. The summed E-state index contributed by atoms with van der Waals surface area (Å²) in [4.78, 5) is 22.6. The Kier molecular flexibility index (Phi) is 4.30. The highest BCUT2D eigenvalue weighted by molar-refractivity contribution is 5.82. The zero-order chi connectivity index (χ0) is 13.8. The van der Waals surface area contributed by atoms with Gasteiger partial charge in [0.25, 0.3) is 5.69 Å². The molecule has 0 aromatic heterocycles. The van der Waals surface area contributed by atoms with E-state index in [4.69, 9.17) is 0 Å². The fraction of sp³-hybridized carbons (Fsp3) is 0.533. The summed E-state index contributed by atoms with van der Waals surface area (Å²) in [7, 11) is 0. The quantitative estimate of drug-likeness (QED) is 0.615. The maximum absolute atomic E-state index is 12.0. The number of hydrogen-bond acceptors (Lipinski definition) is 3. The Labute approximate surface area is 113 Å². The van der Waals surface area contributed by atoms with E-state index in [9.17, 15) is 14.9 Å². The van der Waals surface area contributed by atoms with Gasteiger partial charge in [0.05, 0.1) is 4.92 Å². The molecule has 1 fully saturated rings. The first-order valence-electron chi connectivity index (χ1n) is 6.86. The summed E-state index contributed by atoms with van der Waals surface area (Å²) in [6.45, 7) is 2.14. The maximum atomic E-state index is 12.0. The van der Waals surface area contributed by atoms with Crippen molar-refractivity contribution in [1.29, 1.82) is 0 Å². The van der Waals surface area contributed by atoms with E-state index in [0.717, 1.165) is 19.3 Å². The maximum Gasteiger partial charge on any atom is 0.272 e. The number of carbonyl (C=O) groups is 1. The van der Waals surface area contributed by atoms with Crippen LogP contribution in [0.5, 0.6) is 0 Å². The Bertz CT molecular complexity index is 484. The summed E-state index contributed by atoms with van der Waals surface area (Å²) in [5.74, 6) is 0.813. The molecule has 1 aromatic carbocycles. The number of carbonyl (C=O) groups excluding carboxylic acids is 1. The number of Topliss-reactive ketones (excluding diaryl/α,β-unsaturated/α-hetero) is 1. The van der Waals surface area contributed by atoms with Gasteiger partial charge in [-0.15, -0.1) is 0 Å². The van der Waals surface area contributed by atoms with Gasteiger partial charge in [0, 0.05) is 24.0 Å². The molecule has 1 aliphatic carbocycles. The minimum absolute atomic E-state index is 0.0419. The molecule has 2 rings (SSSR count). The summed E-state index contributed by atoms with van der Waals surface area (Å²) in [6, 6.07) is 6.74. The van der Waals surface area contributed by atoms with Crippen LogP contribution in [0.2, 0.25) is 0 Å². The Balaban J connectivity index is 2.16. The van der Waals surface area contributed by atoms with Crippen molar-refractivity contribution in [2.24, 2.45) is 11.8 Å². The van der Waals surface area contributed by atoms with E-state index >= 15 is 0 Å². The van der Waals surface area contributed by atoms with Crippen molar-refractivity contribution >= 4 is 11.5 Å². The Morgan fingerprint density at radius 3 is 2.79 bits per heavy atom. The lowest BCUT2D eigenvalue weighted by Gasteiger charge is -2.27. The monoisotopic (exact) mass is 261 g/mol. The largest absolute Gasteiger partial charge is 0.299 e. The van der Waals surface area contributed by atoms with E-state index in [1.807, 2.05) is 0 Å². The first-order chi connectivity index (χ1) is 9.11. The van der Waals surface area contributed by atoms with E-state index in [1.165, 1.54) is 6.07 Å². The number of ketones is 1. The van der Waals surface area contributed by atoms with E-state index in [0.29, 0.717) is 24.3 Å². The second-order valence-electron chi connectivity index (χ2n) is 5.30.